The predicted molar refractivity (Wildman–Crippen MR) is 86.0 cm³/mol. The van der Waals surface area contributed by atoms with Gasteiger partial charge in [0.2, 0.25) is 5.79 Å². The minimum Gasteiger partial charge on any atom is -0.479 e. The average Bonchev–Trinajstić information content (AvgIpc) is 2.93. The summed E-state index contributed by atoms with van der Waals surface area (Å²) in [6.07, 6.45) is -15.4. The zero-order valence-electron chi connectivity index (χ0n) is 15.1. The van der Waals surface area contributed by atoms with Crippen LogP contribution in [0.4, 0.5) is 0 Å². The minimum atomic E-state index is -2.32. The molecular weight excluding hydrogens is 404 g/mol. The van der Waals surface area contributed by atoms with Gasteiger partial charge in [0, 0.05) is 0 Å². The van der Waals surface area contributed by atoms with Crippen molar-refractivity contribution in [1.82, 2.24) is 0 Å². The van der Waals surface area contributed by atoms with Gasteiger partial charge in [0.15, 0.2) is 12.4 Å². The van der Waals surface area contributed by atoms with Gasteiger partial charge in [-0.05, 0) is 0 Å². The van der Waals surface area contributed by atoms with E-state index in [2.05, 4.69) is 0 Å². The molecule has 2 heterocycles. The van der Waals surface area contributed by atoms with Crippen LogP contribution in [-0.4, -0.2) is 139 Å². The fraction of sp³-hybridized carbons (Fsp3) is 0.933. The molecule has 2 fully saturated rings. The van der Waals surface area contributed by atoms with Crippen molar-refractivity contribution in [3.63, 3.8) is 0 Å². The first kappa shape index (κ1) is 24.3. The lowest BCUT2D eigenvalue weighted by Gasteiger charge is -2.43. The summed E-state index contributed by atoms with van der Waals surface area (Å²) in [7, 11) is 0. The van der Waals surface area contributed by atoms with E-state index in [9.17, 15) is 45.6 Å². The van der Waals surface area contributed by atoms with Crippen molar-refractivity contribution in [2.45, 2.75) is 60.9 Å². The molecule has 0 radical (unpaired) electrons. The van der Waals surface area contributed by atoms with Gasteiger partial charge >= 0.3 is 5.97 Å². The Balaban J connectivity index is 2.20. The molecule has 0 aromatic rings. The van der Waals surface area contributed by atoms with Gasteiger partial charge < -0.3 is 64.9 Å². The molecule has 2 aliphatic rings. The highest BCUT2D eigenvalue weighted by Crippen LogP contribution is 2.36. The van der Waals surface area contributed by atoms with E-state index < -0.39 is 93.3 Å². The molecule has 1 unspecified atom stereocenters. The Hall–Kier alpha value is -1.01. The Morgan fingerprint density at radius 3 is 2.10 bits per heavy atom. The summed E-state index contributed by atoms with van der Waals surface area (Å²) in [4.78, 5) is 10.7. The van der Waals surface area contributed by atoms with Crippen molar-refractivity contribution in [1.29, 1.82) is 0 Å². The molecule has 29 heavy (non-hydrogen) atoms. The third-order valence-corrected chi connectivity index (χ3v) is 4.71. The Morgan fingerprint density at radius 1 is 0.966 bits per heavy atom. The lowest BCUT2D eigenvalue weighted by Crippen LogP contribution is -2.62. The molecule has 0 spiro atoms. The van der Waals surface area contributed by atoms with Crippen LogP contribution in [-0.2, 0) is 23.7 Å². The maximum atomic E-state index is 10.7. The number of ether oxygens (including phenoxy) is 4. The van der Waals surface area contributed by atoms with E-state index in [0.717, 1.165) is 0 Å². The van der Waals surface area contributed by atoms with E-state index in [-0.39, 0.29) is 0 Å². The number of aliphatic hydroxyl groups is 8. The highest BCUT2D eigenvalue weighted by molar-refractivity contribution is 5.71. The third kappa shape index (κ3) is 5.01. The van der Waals surface area contributed by atoms with Crippen LogP contribution < -0.4 is 0 Å². The molecule has 10 atom stereocenters. The second kappa shape index (κ2) is 9.86. The molecule has 14 heteroatoms. The third-order valence-electron chi connectivity index (χ3n) is 4.71. The SMILES string of the molecule is O=C(O)C(O)COC[C@@]1(O[C@H]2O[C@H](CO)[C@@H](O)[C@H](O)[C@H]2O)O[C@H](CO)[C@@H](O)[C@@H]1O. The summed E-state index contributed by atoms with van der Waals surface area (Å²) >= 11 is 0. The summed E-state index contributed by atoms with van der Waals surface area (Å²) in [5.41, 5.74) is 0. The molecule has 0 aliphatic carbocycles. The molecule has 0 aromatic heterocycles. The number of carboxylic acid groups (broad SMARTS) is 1. The Labute approximate surface area is 164 Å². The van der Waals surface area contributed by atoms with Crippen LogP contribution >= 0.6 is 0 Å². The van der Waals surface area contributed by atoms with Crippen molar-refractivity contribution >= 4 is 5.97 Å². The lowest BCUT2D eigenvalue weighted by atomic mass is 9.99. The fourth-order valence-electron chi connectivity index (χ4n) is 3.00. The zero-order valence-corrected chi connectivity index (χ0v) is 15.1. The van der Waals surface area contributed by atoms with Gasteiger partial charge in [-0.25, -0.2) is 4.79 Å². The molecule has 0 bridgehead atoms. The first-order valence-electron chi connectivity index (χ1n) is 8.69. The number of aliphatic carboxylic acids is 1. The van der Waals surface area contributed by atoms with Crippen LogP contribution in [0.25, 0.3) is 0 Å². The van der Waals surface area contributed by atoms with E-state index in [1.165, 1.54) is 0 Å². The molecule has 0 saturated carbocycles. The van der Waals surface area contributed by atoms with E-state index in [1.54, 1.807) is 0 Å². The van der Waals surface area contributed by atoms with Crippen molar-refractivity contribution in [2.75, 3.05) is 26.4 Å². The second-order valence-corrected chi connectivity index (χ2v) is 6.77. The zero-order chi connectivity index (χ0) is 21.9. The van der Waals surface area contributed by atoms with Crippen LogP contribution in [0.3, 0.4) is 0 Å². The number of hydrogen-bond acceptors (Lipinski definition) is 13. The standard InChI is InChI=1S/C15H26O14/c16-1-6-8(19)10(21)11(22)14(27-6)29-15(4-26-3-5(18)13(24)25)12(23)9(20)7(2-17)28-15/h5-12,14,16-23H,1-4H2,(H,24,25)/t5?,6-,7-,8-,9-,10+,11-,12+,14-,15+/m1/s1. The van der Waals surface area contributed by atoms with Gasteiger partial charge in [0.1, 0.15) is 49.3 Å². The quantitative estimate of drug-likeness (QED) is 0.166. The van der Waals surface area contributed by atoms with Crippen LogP contribution in [0, 0.1) is 0 Å². The van der Waals surface area contributed by atoms with E-state index in [1.807, 2.05) is 0 Å². The van der Waals surface area contributed by atoms with E-state index >= 15 is 0 Å². The first-order chi connectivity index (χ1) is 13.6. The molecular formula is C15H26O14. The highest BCUT2D eigenvalue weighted by atomic mass is 16.8. The minimum absolute atomic E-state index is 0.754. The molecule has 2 saturated heterocycles. The van der Waals surface area contributed by atoms with Crippen LogP contribution in [0.5, 0.6) is 0 Å². The summed E-state index contributed by atoms with van der Waals surface area (Å²) in [5.74, 6) is -3.91. The van der Waals surface area contributed by atoms with Gasteiger partial charge in [-0.15, -0.1) is 0 Å². The summed E-state index contributed by atoms with van der Waals surface area (Å²) in [6.45, 7) is -3.06. The smallest absolute Gasteiger partial charge is 0.334 e. The van der Waals surface area contributed by atoms with Crippen molar-refractivity contribution in [2.24, 2.45) is 0 Å². The molecule has 0 amide bonds. The van der Waals surface area contributed by atoms with E-state index in [4.69, 9.17) is 24.1 Å². The molecule has 2 rings (SSSR count). The second-order valence-electron chi connectivity index (χ2n) is 6.77. The Bertz CT molecular complexity index is 545. The Morgan fingerprint density at radius 2 is 1.59 bits per heavy atom. The monoisotopic (exact) mass is 430 g/mol. The van der Waals surface area contributed by atoms with Crippen LogP contribution in [0.15, 0.2) is 0 Å². The topological polar surface area (TPSA) is 236 Å². The lowest BCUT2D eigenvalue weighted by molar-refractivity contribution is -0.385. The largest absolute Gasteiger partial charge is 0.479 e. The maximum absolute atomic E-state index is 10.7. The van der Waals surface area contributed by atoms with Gasteiger partial charge in [-0.3, -0.25) is 0 Å². The van der Waals surface area contributed by atoms with Crippen molar-refractivity contribution < 1.29 is 69.7 Å². The molecule has 0 aromatic carbocycles. The molecule has 170 valence electrons. The Kier molecular flexibility index (Phi) is 8.25. The summed E-state index contributed by atoms with van der Waals surface area (Å²) < 4.78 is 20.9. The average molecular weight is 430 g/mol. The van der Waals surface area contributed by atoms with Crippen molar-refractivity contribution in [3.8, 4) is 0 Å². The highest BCUT2D eigenvalue weighted by Gasteiger charge is 2.58. The normalized spacial score (nSPS) is 44.0. The molecule has 9 N–H and O–H groups in total. The van der Waals surface area contributed by atoms with Gasteiger partial charge in [-0.2, -0.15) is 0 Å². The van der Waals surface area contributed by atoms with Gasteiger partial charge in [-0.1, -0.05) is 0 Å². The number of carbonyl (C=O) groups is 1. The van der Waals surface area contributed by atoms with E-state index in [0.29, 0.717) is 0 Å². The summed E-state index contributed by atoms with van der Waals surface area (Å²) in [6, 6.07) is 0. The van der Waals surface area contributed by atoms with Crippen LogP contribution in [0.1, 0.15) is 0 Å². The number of hydrogen-bond donors (Lipinski definition) is 9. The van der Waals surface area contributed by atoms with Crippen molar-refractivity contribution in [3.05, 3.63) is 0 Å². The first-order valence-corrected chi connectivity index (χ1v) is 8.69. The fourth-order valence-corrected chi connectivity index (χ4v) is 3.00. The van der Waals surface area contributed by atoms with Gasteiger partial charge in [0.05, 0.1) is 19.8 Å². The number of rotatable bonds is 9. The summed E-state index contributed by atoms with van der Waals surface area (Å²) in [5, 5.41) is 86.7. The molecule has 14 nitrogen and oxygen atoms in total. The predicted octanol–water partition coefficient (Wildman–Crippen LogP) is -5.93. The number of carboxylic acids is 1. The maximum Gasteiger partial charge on any atom is 0.334 e. The van der Waals surface area contributed by atoms with Crippen LogP contribution in [0.2, 0.25) is 0 Å². The number of aliphatic hydroxyl groups excluding tert-OH is 8. The molecule has 2 aliphatic heterocycles. The van der Waals surface area contributed by atoms with Gasteiger partial charge in [0.25, 0.3) is 0 Å².